The van der Waals surface area contributed by atoms with Crippen molar-refractivity contribution in [2.75, 3.05) is 25.4 Å². The highest BCUT2D eigenvalue weighted by Crippen LogP contribution is 2.21. The summed E-state index contributed by atoms with van der Waals surface area (Å²) in [6, 6.07) is 4.39. The summed E-state index contributed by atoms with van der Waals surface area (Å²) in [7, 11) is 0. The first kappa shape index (κ1) is 13.3. The lowest BCUT2D eigenvalue weighted by Gasteiger charge is -2.19. The predicted octanol–water partition coefficient (Wildman–Crippen LogP) is 0.499. The Kier molecular flexibility index (Phi) is 3.96. The van der Waals surface area contributed by atoms with E-state index < -0.39 is 4.92 Å². The third-order valence-electron chi connectivity index (χ3n) is 3.07. The van der Waals surface area contributed by atoms with E-state index in [1.54, 1.807) is 0 Å². The van der Waals surface area contributed by atoms with Crippen molar-refractivity contribution in [2.45, 2.75) is 13.0 Å². The molecule has 0 bridgehead atoms. The van der Waals surface area contributed by atoms with Gasteiger partial charge in [-0.25, -0.2) is 0 Å². The topological polar surface area (TPSA) is 102 Å². The van der Waals surface area contributed by atoms with Crippen molar-refractivity contribution in [3.63, 3.8) is 0 Å². The minimum absolute atomic E-state index is 0.0171. The van der Waals surface area contributed by atoms with Crippen molar-refractivity contribution < 1.29 is 9.72 Å². The zero-order chi connectivity index (χ0) is 13.8. The van der Waals surface area contributed by atoms with Gasteiger partial charge in [-0.05, 0) is 18.1 Å². The minimum Gasteiger partial charge on any atom is -0.398 e. The van der Waals surface area contributed by atoms with E-state index in [9.17, 15) is 14.9 Å². The first-order valence-corrected chi connectivity index (χ1v) is 6.08. The molecular formula is C12H16N4O3. The lowest BCUT2D eigenvalue weighted by Crippen LogP contribution is -2.32. The van der Waals surface area contributed by atoms with Crippen LogP contribution in [-0.4, -0.2) is 35.4 Å². The predicted molar refractivity (Wildman–Crippen MR) is 70.4 cm³/mol. The van der Waals surface area contributed by atoms with Gasteiger partial charge in [0.1, 0.15) is 0 Å². The molecule has 0 radical (unpaired) electrons. The number of carbonyl (C=O) groups excluding carboxylic acids is 1. The molecule has 2 rings (SSSR count). The number of carbonyl (C=O) groups is 1. The monoisotopic (exact) mass is 264 g/mol. The maximum Gasteiger partial charge on any atom is 0.269 e. The van der Waals surface area contributed by atoms with Gasteiger partial charge in [0.05, 0.1) is 11.5 Å². The Labute approximate surface area is 110 Å². The van der Waals surface area contributed by atoms with Gasteiger partial charge in [0.25, 0.3) is 5.69 Å². The molecule has 1 saturated heterocycles. The Morgan fingerprint density at radius 3 is 3.00 bits per heavy atom. The fourth-order valence-electron chi connectivity index (χ4n) is 2.09. The quantitative estimate of drug-likeness (QED) is 0.470. The second kappa shape index (κ2) is 5.66. The SMILES string of the molecule is Nc1ccc([N+](=O)[O-])cc1CN1CCCNC(=O)C1. The Hall–Kier alpha value is -2.15. The van der Waals surface area contributed by atoms with Crippen LogP contribution in [0.25, 0.3) is 0 Å². The number of hydrogen-bond acceptors (Lipinski definition) is 5. The maximum absolute atomic E-state index is 11.5. The van der Waals surface area contributed by atoms with Gasteiger partial charge in [-0.3, -0.25) is 19.8 Å². The summed E-state index contributed by atoms with van der Waals surface area (Å²) in [5, 5.41) is 13.5. The van der Waals surface area contributed by atoms with Crippen molar-refractivity contribution in [1.29, 1.82) is 0 Å². The minimum atomic E-state index is -0.446. The van der Waals surface area contributed by atoms with Crippen LogP contribution in [-0.2, 0) is 11.3 Å². The van der Waals surface area contributed by atoms with E-state index in [1.807, 2.05) is 4.90 Å². The van der Waals surface area contributed by atoms with E-state index >= 15 is 0 Å². The molecule has 1 aliphatic rings. The van der Waals surface area contributed by atoms with E-state index in [2.05, 4.69) is 5.32 Å². The average molecular weight is 264 g/mol. The largest absolute Gasteiger partial charge is 0.398 e. The molecule has 1 aromatic carbocycles. The van der Waals surface area contributed by atoms with Crippen LogP contribution in [0.1, 0.15) is 12.0 Å². The average Bonchev–Trinajstić information content (AvgIpc) is 2.56. The number of benzene rings is 1. The second-order valence-corrected chi connectivity index (χ2v) is 4.55. The van der Waals surface area contributed by atoms with Gasteiger partial charge in [-0.1, -0.05) is 0 Å². The molecule has 0 saturated carbocycles. The molecule has 7 nitrogen and oxygen atoms in total. The van der Waals surface area contributed by atoms with Gasteiger partial charge in [-0.15, -0.1) is 0 Å². The fourth-order valence-corrected chi connectivity index (χ4v) is 2.09. The zero-order valence-corrected chi connectivity index (χ0v) is 10.5. The third-order valence-corrected chi connectivity index (χ3v) is 3.07. The standard InChI is InChI=1S/C12H16N4O3/c13-11-3-2-10(16(18)19)6-9(11)7-15-5-1-4-14-12(17)8-15/h2-3,6H,1,4-5,7-8,13H2,(H,14,17). The molecule has 0 aliphatic carbocycles. The summed E-state index contributed by atoms with van der Waals surface area (Å²) < 4.78 is 0. The van der Waals surface area contributed by atoms with Crippen LogP contribution in [0.5, 0.6) is 0 Å². The van der Waals surface area contributed by atoms with Gasteiger partial charge < -0.3 is 11.1 Å². The number of nitrogen functional groups attached to an aromatic ring is 1. The van der Waals surface area contributed by atoms with Crippen LogP contribution in [0.3, 0.4) is 0 Å². The Balaban J connectivity index is 2.15. The molecule has 19 heavy (non-hydrogen) atoms. The molecule has 1 amide bonds. The van der Waals surface area contributed by atoms with Crippen LogP contribution >= 0.6 is 0 Å². The highest BCUT2D eigenvalue weighted by molar-refractivity contribution is 5.78. The molecule has 1 aliphatic heterocycles. The summed E-state index contributed by atoms with van der Waals surface area (Å²) in [6.45, 7) is 2.17. The number of nitrogens with two attached hydrogens (primary N) is 1. The summed E-state index contributed by atoms with van der Waals surface area (Å²) >= 11 is 0. The van der Waals surface area contributed by atoms with E-state index in [-0.39, 0.29) is 11.6 Å². The molecule has 1 heterocycles. The van der Waals surface area contributed by atoms with Crippen molar-refractivity contribution in [1.82, 2.24) is 10.2 Å². The number of nitro benzene ring substituents is 1. The number of anilines is 1. The van der Waals surface area contributed by atoms with Gasteiger partial charge in [0.2, 0.25) is 5.91 Å². The van der Waals surface area contributed by atoms with Crippen molar-refractivity contribution in [2.24, 2.45) is 0 Å². The highest BCUT2D eigenvalue weighted by Gasteiger charge is 2.17. The molecule has 0 unspecified atom stereocenters. The number of nitrogens with zero attached hydrogens (tertiary/aromatic N) is 2. The normalized spacial score (nSPS) is 16.7. The smallest absolute Gasteiger partial charge is 0.269 e. The van der Waals surface area contributed by atoms with Gasteiger partial charge in [-0.2, -0.15) is 0 Å². The maximum atomic E-state index is 11.5. The van der Waals surface area contributed by atoms with Crippen molar-refractivity contribution >= 4 is 17.3 Å². The van der Waals surface area contributed by atoms with Crippen molar-refractivity contribution in [3.05, 3.63) is 33.9 Å². The molecular weight excluding hydrogens is 248 g/mol. The Bertz CT molecular complexity index is 504. The number of nitro groups is 1. The van der Waals surface area contributed by atoms with Crippen LogP contribution in [0.4, 0.5) is 11.4 Å². The fraction of sp³-hybridized carbons (Fsp3) is 0.417. The lowest BCUT2D eigenvalue weighted by molar-refractivity contribution is -0.384. The summed E-state index contributed by atoms with van der Waals surface area (Å²) in [4.78, 5) is 23.7. The molecule has 0 atom stereocenters. The first-order valence-electron chi connectivity index (χ1n) is 6.08. The van der Waals surface area contributed by atoms with Gasteiger partial charge in [0.15, 0.2) is 0 Å². The van der Waals surface area contributed by atoms with Crippen molar-refractivity contribution in [3.8, 4) is 0 Å². The van der Waals surface area contributed by atoms with Gasteiger partial charge >= 0.3 is 0 Å². The van der Waals surface area contributed by atoms with Crippen LogP contribution in [0, 0.1) is 10.1 Å². The second-order valence-electron chi connectivity index (χ2n) is 4.55. The molecule has 1 aromatic rings. The summed E-state index contributed by atoms with van der Waals surface area (Å²) in [5.74, 6) is -0.0264. The molecule has 0 spiro atoms. The molecule has 3 N–H and O–H groups in total. The van der Waals surface area contributed by atoms with E-state index in [1.165, 1.54) is 18.2 Å². The van der Waals surface area contributed by atoms with E-state index in [4.69, 9.17) is 5.73 Å². The number of amides is 1. The molecule has 7 heteroatoms. The first-order chi connectivity index (χ1) is 9.06. The summed E-state index contributed by atoms with van der Waals surface area (Å²) in [6.07, 6.45) is 0.862. The number of hydrogen-bond donors (Lipinski definition) is 2. The highest BCUT2D eigenvalue weighted by atomic mass is 16.6. The Morgan fingerprint density at radius 2 is 2.26 bits per heavy atom. The van der Waals surface area contributed by atoms with Crippen LogP contribution < -0.4 is 11.1 Å². The molecule has 1 fully saturated rings. The summed E-state index contributed by atoms with van der Waals surface area (Å²) in [5.41, 5.74) is 7.04. The lowest BCUT2D eigenvalue weighted by atomic mass is 10.1. The molecule has 0 aromatic heterocycles. The molecule has 102 valence electrons. The van der Waals surface area contributed by atoms with Crippen LogP contribution in [0.15, 0.2) is 18.2 Å². The third kappa shape index (κ3) is 3.41. The van der Waals surface area contributed by atoms with E-state index in [0.717, 1.165) is 13.0 Å². The number of rotatable bonds is 3. The van der Waals surface area contributed by atoms with Crippen LogP contribution in [0.2, 0.25) is 0 Å². The number of nitrogens with one attached hydrogen (secondary N) is 1. The Morgan fingerprint density at radius 1 is 1.47 bits per heavy atom. The van der Waals surface area contributed by atoms with E-state index in [0.29, 0.717) is 30.9 Å². The van der Waals surface area contributed by atoms with Gasteiger partial charge in [0, 0.05) is 37.5 Å². The zero-order valence-electron chi connectivity index (χ0n) is 10.5. The number of non-ortho nitro benzene ring substituents is 1.